The number of hydrogen-bond acceptors (Lipinski definition) is 3. The summed E-state index contributed by atoms with van der Waals surface area (Å²) in [5.74, 6) is 0. The predicted octanol–water partition coefficient (Wildman–Crippen LogP) is 0.837. The summed E-state index contributed by atoms with van der Waals surface area (Å²) < 4.78 is 26.7. The summed E-state index contributed by atoms with van der Waals surface area (Å²) in [7, 11) is -0.305. The molecular weight excluding hydrogens is 226 g/mol. The van der Waals surface area contributed by atoms with Crippen molar-refractivity contribution in [2.45, 2.75) is 4.90 Å². The number of sulfonamides is 1. The van der Waals surface area contributed by atoms with Crippen LogP contribution in [0.25, 0.3) is 0 Å². The average Bonchev–Trinajstić information content (AvgIpc) is 2.27. The van der Waals surface area contributed by atoms with Gasteiger partial charge in [0.15, 0.2) is 0 Å². The lowest BCUT2D eigenvalue weighted by Gasteiger charge is -2.03. The van der Waals surface area contributed by atoms with E-state index in [1.54, 1.807) is 14.1 Å². The molecule has 16 heavy (non-hydrogen) atoms. The van der Waals surface area contributed by atoms with Crippen LogP contribution in [0.1, 0.15) is 5.56 Å². The maximum absolute atomic E-state index is 11.6. The highest BCUT2D eigenvalue weighted by atomic mass is 32.2. The standard InChI is InChI=1S/C10H11N3O2S/c1-13(2)8-12-16(14,15)10-5-3-9(7-11)4-6-10/h3-6,8H,1-2H3. The number of benzene rings is 1. The quantitative estimate of drug-likeness (QED) is 0.576. The van der Waals surface area contributed by atoms with Gasteiger partial charge < -0.3 is 4.90 Å². The molecule has 0 aliphatic heterocycles. The van der Waals surface area contributed by atoms with Crippen molar-refractivity contribution in [3.05, 3.63) is 29.8 Å². The molecule has 0 N–H and O–H groups in total. The molecule has 5 nitrogen and oxygen atoms in total. The third kappa shape index (κ3) is 3.07. The van der Waals surface area contributed by atoms with Crippen molar-refractivity contribution < 1.29 is 8.42 Å². The van der Waals surface area contributed by atoms with Crippen LogP contribution in [-0.4, -0.2) is 33.8 Å². The number of hydrogen-bond donors (Lipinski definition) is 0. The van der Waals surface area contributed by atoms with Gasteiger partial charge in [0.25, 0.3) is 10.0 Å². The third-order valence-corrected chi connectivity index (χ3v) is 2.94. The summed E-state index contributed by atoms with van der Waals surface area (Å²) >= 11 is 0. The zero-order valence-electron chi connectivity index (χ0n) is 8.95. The van der Waals surface area contributed by atoms with Crippen LogP contribution in [0.15, 0.2) is 33.6 Å². The Morgan fingerprint density at radius 1 is 1.31 bits per heavy atom. The van der Waals surface area contributed by atoms with E-state index in [1.165, 1.54) is 35.5 Å². The fourth-order valence-electron chi connectivity index (χ4n) is 0.919. The van der Waals surface area contributed by atoms with E-state index in [2.05, 4.69) is 4.40 Å². The Morgan fingerprint density at radius 3 is 2.31 bits per heavy atom. The van der Waals surface area contributed by atoms with Crippen LogP contribution in [-0.2, 0) is 10.0 Å². The van der Waals surface area contributed by atoms with E-state index in [-0.39, 0.29) is 4.90 Å². The van der Waals surface area contributed by atoms with Gasteiger partial charge in [-0.25, -0.2) is 0 Å². The molecule has 0 saturated carbocycles. The Morgan fingerprint density at radius 2 is 1.88 bits per heavy atom. The molecule has 0 saturated heterocycles. The number of nitrogens with zero attached hydrogens (tertiary/aromatic N) is 3. The van der Waals surface area contributed by atoms with E-state index in [9.17, 15) is 8.42 Å². The first kappa shape index (κ1) is 12.2. The molecule has 0 spiro atoms. The zero-order chi connectivity index (χ0) is 12.2. The first-order valence-electron chi connectivity index (χ1n) is 4.43. The van der Waals surface area contributed by atoms with Crippen molar-refractivity contribution >= 4 is 16.4 Å². The van der Waals surface area contributed by atoms with Crippen LogP contribution in [0.4, 0.5) is 0 Å². The molecule has 0 aliphatic carbocycles. The molecule has 0 amide bonds. The van der Waals surface area contributed by atoms with Crippen LogP contribution in [0.2, 0.25) is 0 Å². The Kier molecular flexibility index (Phi) is 3.64. The van der Waals surface area contributed by atoms with Crippen molar-refractivity contribution in [1.82, 2.24) is 4.90 Å². The highest BCUT2D eigenvalue weighted by Crippen LogP contribution is 2.12. The van der Waals surface area contributed by atoms with Gasteiger partial charge in [-0.2, -0.15) is 13.7 Å². The molecule has 0 atom stereocenters. The summed E-state index contributed by atoms with van der Waals surface area (Å²) in [5.41, 5.74) is 0.413. The summed E-state index contributed by atoms with van der Waals surface area (Å²) in [6.07, 6.45) is 1.22. The summed E-state index contributed by atoms with van der Waals surface area (Å²) in [6.45, 7) is 0. The zero-order valence-corrected chi connectivity index (χ0v) is 9.77. The molecule has 0 unspecified atom stereocenters. The van der Waals surface area contributed by atoms with Crippen molar-refractivity contribution in [2.75, 3.05) is 14.1 Å². The highest BCUT2D eigenvalue weighted by Gasteiger charge is 2.11. The monoisotopic (exact) mass is 237 g/mol. The maximum Gasteiger partial charge on any atom is 0.283 e. The van der Waals surface area contributed by atoms with E-state index in [0.717, 1.165) is 0 Å². The van der Waals surface area contributed by atoms with Gasteiger partial charge in [0.1, 0.15) is 6.34 Å². The number of rotatable bonds is 3. The molecule has 6 heteroatoms. The lowest BCUT2D eigenvalue weighted by molar-refractivity contribution is 0.595. The minimum Gasteiger partial charge on any atom is -0.368 e. The van der Waals surface area contributed by atoms with Crippen molar-refractivity contribution in [3.63, 3.8) is 0 Å². The lowest BCUT2D eigenvalue weighted by Crippen LogP contribution is -2.10. The smallest absolute Gasteiger partial charge is 0.283 e. The normalized spacial score (nSPS) is 11.3. The highest BCUT2D eigenvalue weighted by molar-refractivity contribution is 7.90. The molecule has 0 fully saturated rings. The average molecular weight is 237 g/mol. The van der Waals surface area contributed by atoms with E-state index in [1.807, 2.05) is 6.07 Å². The van der Waals surface area contributed by atoms with Crippen LogP contribution < -0.4 is 0 Å². The summed E-state index contributed by atoms with van der Waals surface area (Å²) in [5, 5.41) is 8.57. The van der Waals surface area contributed by atoms with Gasteiger partial charge in [-0.05, 0) is 24.3 Å². The van der Waals surface area contributed by atoms with Crippen LogP contribution in [0.5, 0.6) is 0 Å². The topological polar surface area (TPSA) is 73.5 Å². The van der Waals surface area contributed by atoms with Gasteiger partial charge >= 0.3 is 0 Å². The van der Waals surface area contributed by atoms with E-state index in [4.69, 9.17) is 5.26 Å². The minimum atomic E-state index is -3.66. The molecule has 1 aromatic carbocycles. The Balaban J connectivity index is 3.05. The SMILES string of the molecule is CN(C)C=NS(=O)(=O)c1ccc(C#N)cc1. The summed E-state index contributed by atoms with van der Waals surface area (Å²) in [6, 6.07) is 7.52. The van der Waals surface area contributed by atoms with Gasteiger partial charge in [-0.3, -0.25) is 0 Å². The Bertz CT molecular complexity index is 524. The van der Waals surface area contributed by atoms with Crippen LogP contribution in [0, 0.1) is 11.3 Å². The molecule has 0 radical (unpaired) electrons. The fourth-order valence-corrected chi connectivity index (χ4v) is 1.83. The molecule has 1 rings (SSSR count). The molecule has 0 aliphatic rings. The Hall–Kier alpha value is -1.87. The first-order valence-corrected chi connectivity index (χ1v) is 5.87. The van der Waals surface area contributed by atoms with Gasteiger partial charge in [0.2, 0.25) is 0 Å². The second kappa shape index (κ2) is 4.77. The van der Waals surface area contributed by atoms with E-state index >= 15 is 0 Å². The van der Waals surface area contributed by atoms with Gasteiger partial charge in [0, 0.05) is 14.1 Å². The van der Waals surface area contributed by atoms with Gasteiger partial charge in [-0.15, -0.1) is 4.40 Å². The summed E-state index contributed by atoms with van der Waals surface area (Å²) in [4.78, 5) is 1.60. The minimum absolute atomic E-state index is 0.0737. The second-order valence-corrected chi connectivity index (χ2v) is 4.93. The largest absolute Gasteiger partial charge is 0.368 e. The van der Waals surface area contributed by atoms with Crippen molar-refractivity contribution in [2.24, 2.45) is 4.40 Å². The first-order chi connectivity index (χ1) is 7.45. The van der Waals surface area contributed by atoms with Crippen molar-refractivity contribution in [1.29, 1.82) is 5.26 Å². The molecule has 0 heterocycles. The lowest BCUT2D eigenvalue weighted by atomic mass is 10.2. The van der Waals surface area contributed by atoms with E-state index in [0.29, 0.717) is 5.56 Å². The third-order valence-electron chi connectivity index (χ3n) is 1.70. The predicted molar refractivity (Wildman–Crippen MR) is 60.5 cm³/mol. The van der Waals surface area contributed by atoms with Gasteiger partial charge in [0.05, 0.1) is 16.5 Å². The van der Waals surface area contributed by atoms with Crippen LogP contribution in [0.3, 0.4) is 0 Å². The number of nitriles is 1. The molecule has 0 bridgehead atoms. The molecule has 0 aromatic heterocycles. The second-order valence-electron chi connectivity index (χ2n) is 3.30. The fraction of sp³-hybridized carbons (Fsp3) is 0.200. The van der Waals surface area contributed by atoms with E-state index < -0.39 is 10.0 Å². The molecule has 84 valence electrons. The molecule has 1 aromatic rings. The van der Waals surface area contributed by atoms with Gasteiger partial charge in [-0.1, -0.05) is 0 Å². The van der Waals surface area contributed by atoms with Crippen molar-refractivity contribution in [3.8, 4) is 6.07 Å². The Labute approximate surface area is 94.7 Å². The maximum atomic E-state index is 11.6. The van der Waals surface area contributed by atoms with Crippen LogP contribution >= 0.6 is 0 Å². The molecular formula is C10H11N3O2S.